The molecule has 29 heavy (non-hydrogen) atoms. The van der Waals surface area contributed by atoms with Crippen molar-refractivity contribution in [1.29, 1.82) is 0 Å². The number of nitrogens with one attached hydrogen (secondary N) is 1. The molecule has 0 spiro atoms. The van der Waals surface area contributed by atoms with E-state index >= 15 is 0 Å². The molecule has 0 bridgehead atoms. The number of hydrogen-bond acceptors (Lipinski definition) is 3. The average molecular weight is 433 g/mol. The monoisotopic (exact) mass is 432 g/mol. The maximum Gasteiger partial charge on any atom is 0.220 e. The summed E-state index contributed by atoms with van der Waals surface area (Å²) in [5.74, 6) is 1.34. The molecular weight excluding hydrogens is 384 g/mol. The fourth-order valence-electron chi connectivity index (χ4n) is 4.31. The van der Waals surface area contributed by atoms with Gasteiger partial charge in [-0.05, 0) is 37.5 Å². The third-order valence-corrected chi connectivity index (χ3v) is 7.63. The largest absolute Gasteiger partial charge is 0.356 e. The lowest BCUT2D eigenvalue weighted by Gasteiger charge is -2.30. The molecule has 0 saturated carbocycles. The van der Waals surface area contributed by atoms with Crippen molar-refractivity contribution in [2.75, 3.05) is 25.9 Å². The van der Waals surface area contributed by atoms with Crippen LogP contribution in [0, 0.1) is 11.8 Å². The van der Waals surface area contributed by atoms with Gasteiger partial charge < -0.3 is 5.32 Å². The molecule has 0 aromatic rings. The van der Waals surface area contributed by atoms with Gasteiger partial charge in [-0.2, -0.15) is 0 Å². The second-order valence-corrected chi connectivity index (χ2v) is 11.0. The van der Waals surface area contributed by atoms with Crippen LogP contribution in [0.25, 0.3) is 0 Å². The highest BCUT2D eigenvalue weighted by molar-refractivity contribution is 7.88. The van der Waals surface area contributed by atoms with Gasteiger partial charge in [0.05, 0.1) is 6.26 Å². The SMILES string of the molecule is CCCCCCCC(CCCC)CCCC(=O)NCC1CCN(S(C)(=O)=O)CC1.[HH]. The van der Waals surface area contributed by atoms with E-state index in [1.165, 1.54) is 70.5 Å². The number of unbranched alkanes of at least 4 members (excludes halogenated alkanes) is 5. The number of nitrogens with zero attached hydrogens (tertiary/aromatic N) is 1. The van der Waals surface area contributed by atoms with Crippen LogP contribution in [0.15, 0.2) is 0 Å². The number of hydrogen-bond donors (Lipinski definition) is 1. The molecule has 5 nitrogen and oxygen atoms in total. The van der Waals surface area contributed by atoms with Gasteiger partial charge in [0.2, 0.25) is 15.9 Å². The first-order valence-electron chi connectivity index (χ1n) is 12.1. The minimum Gasteiger partial charge on any atom is -0.356 e. The first-order chi connectivity index (χ1) is 13.9. The van der Waals surface area contributed by atoms with E-state index in [2.05, 4.69) is 19.2 Å². The molecule has 1 aliphatic rings. The zero-order valence-corrected chi connectivity index (χ0v) is 20.1. The van der Waals surface area contributed by atoms with Gasteiger partial charge in [-0.1, -0.05) is 71.6 Å². The molecule has 1 heterocycles. The fraction of sp³-hybridized carbons (Fsp3) is 0.957. The summed E-state index contributed by atoms with van der Waals surface area (Å²) in [6, 6.07) is 0. The first kappa shape index (κ1) is 26.4. The van der Waals surface area contributed by atoms with Gasteiger partial charge >= 0.3 is 0 Å². The van der Waals surface area contributed by atoms with Crippen LogP contribution in [-0.4, -0.2) is 44.5 Å². The van der Waals surface area contributed by atoms with Gasteiger partial charge in [0.1, 0.15) is 0 Å². The highest BCUT2D eigenvalue weighted by atomic mass is 32.2. The second kappa shape index (κ2) is 15.2. The predicted molar refractivity (Wildman–Crippen MR) is 125 cm³/mol. The summed E-state index contributed by atoms with van der Waals surface area (Å²) in [6.45, 7) is 6.36. The van der Waals surface area contributed by atoms with Crippen LogP contribution in [0.1, 0.15) is 105 Å². The molecule has 1 saturated heterocycles. The molecule has 6 heteroatoms. The van der Waals surface area contributed by atoms with E-state index in [9.17, 15) is 13.2 Å². The Balaban J connectivity index is 0.00000841. The van der Waals surface area contributed by atoms with Crippen molar-refractivity contribution >= 4 is 15.9 Å². The molecule has 0 aliphatic carbocycles. The van der Waals surface area contributed by atoms with Gasteiger partial charge in [-0.15, -0.1) is 0 Å². The first-order valence-corrected chi connectivity index (χ1v) is 13.9. The maximum atomic E-state index is 12.2. The molecule has 1 aliphatic heterocycles. The van der Waals surface area contributed by atoms with E-state index in [1.54, 1.807) is 4.31 Å². The van der Waals surface area contributed by atoms with Gasteiger partial charge in [-0.3, -0.25) is 4.79 Å². The van der Waals surface area contributed by atoms with Crippen LogP contribution >= 0.6 is 0 Å². The average Bonchev–Trinajstić information content (AvgIpc) is 2.69. The van der Waals surface area contributed by atoms with Crippen molar-refractivity contribution in [3.05, 3.63) is 0 Å². The Kier molecular flexibility index (Phi) is 13.9. The van der Waals surface area contributed by atoms with Crippen LogP contribution in [0.2, 0.25) is 0 Å². The number of rotatable bonds is 16. The molecule has 174 valence electrons. The Morgan fingerprint density at radius 3 is 2.17 bits per heavy atom. The number of sulfonamides is 1. The van der Waals surface area contributed by atoms with Crippen molar-refractivity contribution in [3.63, 3.8) is 0 Å². The van der Waals surface area contributed by atoms with Crippen LogP contribution in [0.5, 0.6) is 0 Å². The number of amides is 1. The quantitative estimate of drug-likeness (QED) is 0.334. The zero-order chi connectivity index (χ0) is 21.5. The van der Waals surface area contributed by atoms with Crippen molar-refractivity contribution in [3.8, 4) is 0 Å². The third kappa shape index (κ3) is 12.6. The summed E-state index contributed by atoms with van der Waals surface area (Å²) < 4.78 is 24.7. The van der Waals surface area contributed by atoms with Gasteiger partial charge in [-0.25, -0.2) is 12.7 Å². The van der Waals surface area contributed by atoms with E-state index in [0.29, 0.717) is 32.0 Å². The van der Waals surface area contributed by atoms with Crippen molar-refractivity contribution < 1.29 is 14.6 Å². The molecule has 0 aromatic heterocycles. The summed E-state index contributed by atoms with van der Waals surface area (Å²) in [5, 5.41) is 3.08. The van der Waals surface area contributed by atoms with E-state index < -0.39 is 10.0 Å². The summed E-state index contributed by atoms with van der Waals surface area (Å²) >= 11 is 0. The normalized spacial score (nSPS) is 17.3. The third-order valence-electron chi connectivity index (χ3n) is 6.33. The van der Waals surface area contributed by atoms with Gasteiger partial charge in [0, 0.05) is 27.5 Å². The summed E-state index contributed by atoms with van der Waals surface area (Å²) in [7, 11) is -3.07. The predicted octanol–water partition coefficient (Wildman–Crippen LogP) is 5.36. The van der Waals surface area contributed by atoms with Crippen molar-refractivity contribution in [1.82, 2.24) is 9.62 Å². The van der Waals surface area contributed by atoms with Crippen molar-refractivity contribution in [2.45, 2.75) is 104 Å². The Morgan fingerprint density at radius 1 is 0.966 bits per heavy atom. The van der Waals surface area contributed by atoms with Crippen molar-refractivity contribution in [2.24, 2.45) is 11.8 Å². The highest BCUT2D eigenvalue weighted by Crippen LogP contribution is 2.23. The van der Waals surface area contributed by atoms with Crippen LogP contribution in [-0.2, 0) is 14.8 Å². The topological polar surface area (TPSA) is 66.5 Å². The van der Waals surface area contributed by atoms with Crippen LogP contribution < -0.4 is 5.32 Å². The van der Waals surface area contributed by atoms with E-state index in [1.807, 2.05) is 0 Å². The summed E-state index contributed by atoms with van der Waals surface area (Å²) in [4.78, 5) is 12.2. The van der Waals surface area contributed by atoms with E-state index in [-0.39, 0.29) is 7.33 Å². The maximum absolute atomic E-state index is 12.2. The Morgan fingerprint density at radius 2 is 1.55 bits per heavy atom. The van der Waals surface area contributed by atoms with Gasteiger partial charge in [0.15, 0.2) is 0 Å². The lowest BCUT2D eigenvalue weighted by atomic mass is 9.90. The Bertz CT molecular complexity index is 535. The second-order valence-electron chi connectivity index (χ2n) is 9.01. The molecule has 1 unspecified atom stereocenters. The summed E-state index contributed by atoms with van der Waals surface area (Å²) in [5.41, 5.74) is 0. The molecular formula is C23H48N2O3S. The highest BCUT2D eigenvalue weighted by Gasteiger charge is 2.24. The fourth-order valence-corrected chi connectivity index (χ4v) is 5.18. The summed E-state index contributed by atoms with van der Waals surface area (Å²) in [6.07, 6.45) is 17.6. The van der Waals surface area contributed by atoms with Gasteiger partial charge in [0.25, 0.3) is 0 Å². The molecule has 1 atom stereocenters. The van der Waals surface area contributed by atoms with E-state index in [4.69, 9.17) is 0 Å². The Labute approximate surface area is 181 Å². The molecule has 0 aromatic carbocycles. The molecule has 1 rings (SSSR count). The minimum absolute atomic E-state index is 0. The Hall–Kier alpha value is -0.620. The molecule has 1 amide bonds. The minimum atomic E-state index is -3.07. The van der Waals surface area contributed by atoms with Crippen LogP contribution in [0.3, 0.4) is 0 Å². The van der Waals surface area contributed by atoms with E-state index in [0.717, 1.165) is 25.2 Å². The molecule has 1 fully saturated rings. The zero-order valence-electron chi connectivity index (χ0n) is 19.3. The number of carbonyl (C=O) groups excluding carboxylic acids is 1. The smallest absolute Gasteiger partial charge is 0.220 e. The lowest BCUT2D eigenvalue weighted by molar-refractivity contribution is -0.121. The van der Waals surface area contributed by atoms with Crippen LogP contribution in [0.4, 0.5) is 0 Å². The number of carbonyl (C=O) groups is 1. The molecule has 1 N–H and O–H groups in total. The standard InChI is InChI=1S/C23H46N2O3S.H2/c1-4-6-8-9-10-13-21(12-7-5-2)14-11-15-23(26)24-20-22-16-18-25(19-17-22)29(3,27)28;/h21-22H,4-20H2,1-3H3,(H,24,26);1H. The number of piperidine rings is 1. The molecule has 0 radical (unpaired) electrons. The lowest BCUT2D eigenvalue weighted by Crippen LogP contribution is -2.41.